The minimum absolute atomic E-state index is 0.0972. The number of halogens is 1. The van der Waals surface area contributed by atoms with Crippen LogP contribution in [0.2, 0.25) is 0 Å². The van der Waals surface area contributed by atoms with E-state index in [1.807, 2.05) is 17.0 Å². The fourth-order valence-electron chi connectivity index (χ4n) is 4.23. The number of aryl methyl sites for hydroxylation is 1. The Morgan fingerprint density at radius 2 is 1.74 bits per heavy atom. The van der Waals surface area contributed by atoms with Crippen molar-refractivity contribution in [3.63, 3.8) is 0 Å². The van der Waals surface area contributed by atoms with Crippen molar-refractivity contribution in [1.82, 2.24) is 29.7 Å². The van der Waals surface area contributed by atoms with E-state index in [9.17, 15) is 9.18 Å². The van der Waals surface area contributed by atoms with Gasteiger partial charge in [-0.15, -0.1) is 0 Å². The summed E-state index contributed by atoms with van der Waals surface area (Å²) < 4.78 is 15.2. The first kappa shape index (κ1) is 22.0. The summed E-state index contributed by atoms with van der Waals surface area (Å²) in [7, 11) is 0. The van der Waals surface area contributed by atoms with Gasteiger partial charge in [-0.1, -0.05) is 29.8 Å². The number of urea groups is 1. The van der Waals surface area contributed by atoms with Crippen LogP contribution in [0.5, 0.6) is 0 Å². The average molecular weight is 459 g/mol. The van der Waals surface area contributed by atoms with Crippen molar-refractivity contribution in [2.24, 2.45) is 0 Å². The molecule has 1 fully saturated rings. The first-order valence-corrected chi connectivity index (χ1v) is 11.5. The summed E-state index contributed by atoms with van der Waals surface area (Å²) in [5, 5.41) is 2.93. The molecule has 3 heterocycles. The summed E-state index contributed by atoms with van der Waals surface area (Å²) in [6.45, 7) is 5.92. The van der Waals surface area contributed by atoms with Crippen LogP contribution in [0.25, 0.3) is 16.9 Å². The Morgan fingerprint density at radius 1 is 1.00 bits per heavy atom. The molecule has 2 amide bonds. The van der Waals surface area contributed by atoms with Gasteiger partial charge in [0.2, 0.25) is 0 Å². The number of imidazole rings is 1. The standard InChI is InChI=1S/C26H27FN6O/c1-19-4-10-22(11-5-19)33-24(30-23-3-2-12-28-25(23)33)18-31-13-15-32(16-14-31)26(34)29-17-20-6-8-21(27)9-7-20/h2-12H,13-18H2,1H3,(H,29,34). The normalized spacial score (nSPS) is 14.5. The van der Waals surface area contributed by atoms with Crippen LogP contribution < -0.4 is 5.32 Å². The molecule has 1 aliphatic heterocycles. The first-order chi connectivity index (χ1) is 16.6. The molecule has 0 bridgehead atoms. The first-order valence-electron chi connectivity index (χ1n) is 11.5. The molecule has 34 heavy (non-hydrogen) atoms. The molecule has 0 saturated carbocycles. The Bertz CT molecular complexity index is 1280. The number of fused-ring (bicyclic) bond motifs is 1. The van der Waals surface area contributed by atoms with Crippen molar-refractivity contribution in [2.45, 2.75) is 20.0 Å². The average Bonchev–Trinajstić information content (AvgIpc) is 3.22. The van der Waals surface area contributed by atoms with Gasteiger partial charge in [0.15, 0.2) is 5.65 Å². The van der Waals surface area contributed by atoms with E-state index in [0.717, 1.165) is 41.3 Å². The third-order valence-electron chi connectivity index (χ3n) is 6.16. The monoisotopic (exact) mass is 458 g/mol. The molecule has 8 heteroatoms. The van der Waals surface area contributed by atoms with Crippen LogP contribution >= 0.6 is 0 Å². The van der Waals surface area contributed by atoms with Gasteiger partial charge < -0.3 is 10.2 Å². The molecule has 2 aromatic heterocycles. The van der Waals surface area contributed by atoms with Crippen molar-refractivity contribution in [3.8, 4) is 5.69 Å². The zero-order valence-electron chi connectivity index (χ0n) is 19.1. The zero-order valence-corrected chi connectivity index (χ0v) is 19.1. The molecule has 174 valence electrons. The number of carbonyl (C=O) groups is 1. The van der Waals surface area contributed by atoms with E-state index < -0.39 is 0 Å². The van der Waals surface area contributed by atoms with Gasteiger partial charge in [0.25, 0.3) is 0 Å². The number of amides is 2. The molecule has 0 radical (unpaired) electrons. The number of rotatable bonds is 5. The predicted octanol–water partition coefficient (Wildman–Crippen LogP) is 3.90. The molecule has 1 saturated heterocycles. The number of carbonyl (C=O) groups excluding carboxylic acids is 1. The molecular formula is C26H27FN6O. The van der Waals surface area contributed by atoms with Crippen molar-refractivity contribution in [2.75, 3.05) is 26.2 Å². The molecule has 0 aliphatic carbocycles. The minimum Gasteiger partial charge on any atom is -0.334 e. The largest absolute Gasteiger partial charge is 0.334 e. The number of benzene rings is 2. The fraction of sp³-hybridized carbons (Fsp3) is 0.269. The molecule has 4 aromatic rings. The summed E-state index contributed by atoms with van der Waals surface area (Å²) in [6.07, 6.45) is 1.79. The van der Waals surface area contributed by atoms with E-state index in [2.05, 4.69) is 51.0 Å². The van der Waals surface area contributed by atoms with E-state index >= 15 is 0 Å². The van der Waals surface area contributed by atoms with Gasteiger partial charge in [0, 0.05) is 44.6 Å². The van der Waals surface area contributed by atoms with Gasteiger partial charge in [-0.05, 0) is 48.9 Å². The number of aromatic nitrogens is 3. The lowest BCUT2D eigenvalue weighted by molar-refractivity contribution is 0.133. The molecule has 7 nitrogen and oxygen atoms in total. The Kier molecular flexibility index (Phi) is 6.22. The van der Waals surface area contributed by atoms with Gasteiger partial charge in [0.05, 0.1) is 6.54 Å². The highest BCUT2D eigenvalue weighted by Gasteiger charge is 2.23. The summed E-state index contributed by atoms with van der Waals surface area (Å²) in [4.78, 5) is 26.2. The topological polar surface area (TPSA) is 66.3 Å². The van der Waals surface area contributed by atoms with Gasteiger partial charge in [-0.3, -0.25) is 9.47 Å². The zero-order chi connectivity index (χ0) is 23.5. The molecule has 2 aromatic carbocycles. The summed E-state index contributed by atoms with van der Waals surface area (Å²) >= 11 is 0. The summed E-state index contributed by atoms with van der Waals surface area (Å²) in [5.74, 6) is 0.657. The molecule has 1 N–H and O–H groups in total. The smallest absolute Gasteiger partial charge is 0.317 e. The number of pyridine rings is 1. The molecule has 1 aliphatic rings. The van der Waals surface area contributed by atoms with Crippen LogP contribution in [-0.4, -0.2) is 56.5 Å². The van der Waals surface area contributed by atoms with Crippen LogP contribution in [0.3, 0.4) is 0 Å². The highest BCUT2D eigenvalue weighted by Crippen LogP contribution is 2.22. The Labute approximate surface area is 197 Å². The van der Waals surface area contributed by atoms with E-state index in [0.29, 0.717) is 26.2 Å². The SMILES string of the molecule is Cc1ccc(-n2c(CN3CCN(C(=O)NCc4ccc(F)cc4)CC3)nc3cccnc32)cc1. The van der Waals surface area contributed by atoms with Crippen LogP contribution in [0.15, 0.2) is 66.9 Å². The lowest BCUT2D eigenvalue weighted by Crippen LogP contribution is -2.51. The van der Waals surface area contributed by atoms with E-state index in [1.165, 1.54) is 17.7 Å². The molecule has 0 spiro atoms. The fourth-order valence-corrected chi connectivity index (χ4v) is 4.23. The number of nitrogens with zero attached hydrogens (tertiary/aromatic N) is 5. The van der Waals surface area contributed by atoms with Gasteiger partial charge in [0.1, 0.15) is 17.2 Å². The second-order valence-corrected chi connectivity index (χ2v) is 8.59. The number of piperazine rings is 1. The van der Waals surface area contributed by atoms with E-state index in [-0.39, 0.29) is 11.8 Å². The number of nitrogens with one attached hydrogen (secondary N) is 1. The Hall–Kier alpha value is -3.78. The van der Waals surface area contributed by atoms with Crippen LogP contribution in [-0.2, 0) is 13.1 Å². The third kappa shape index (κ3) is 4.77. The Morgan fingerprint density at radius 3 is 2.47 bits per heavy atom. The maximum absolute atomic E-state index is 13.1. The van der Waals surface area contributed by atoms with Crippen molar-refractivity contribution in [1.29, 1.82) is 0 Å². The van der Waals surface area contributed by atoms with Crippen molar-refractivity contribution < 1.29 is 9.18 Å². The molecule has 0 atom stereocenters. The van der Waals surface area contributed by atoms with Crippen LogP contribution in [0, 0.1) is 12.7 Å². The number of hydrogen-bond acceptors (Lipinski definition) is 4. The van der Waals surface area contributed by atoms with Gasteiger partial charge in [-0.25, -0.2) is 19.2 Å². The minimum atomic E-state index is -0.280. The van der Waals surface area contributed by atoms with Crippen LogP contribution in [0.1, 0.15) is 17.0 Å². The van der Waals surface area contributed by atoms with E-state index in [1.54, 1.807) is 18.3 Å². The highest BCUT2D eigenvalue weighted by molar-refractivity contribution is 5.74. The van der Waals surface area contributed by atoms with E-state index in [4.69, 9.17) is 4.98 Å². The van der Waals surface area contributed by atoms with Gasteiger partial charge in [-0.2, -0.15) is 0 Å². The second-order valence-electron chi connectivity index (χ2n) is 8.59. The summed E-state index contributed by atoms with van der Waals surface area (Å²) in [6, 6.07) is 18.3. The second kappa shape index (κ2) is 9.61. The molecule has 5 rings (SSSR count). The van der Waals surface area contributed by atoms with Gasteiger partial charge >= 0.3 is 6.03 Å². The molecular weight excluding hydrogens is 431 g/mol. The lowest BCUT2D eigenvalue weighted by Gasteiger charge is -2.34. The third-order valence-corrected chi connectivity index (χ3v) is 6.16. The molecule has 0 unspecified atom stereocenters. The maximum atomic E-state index is 13.1. The lowest BCUT2D eigenvalue weighted by atomic mass is 10.2. The predicted molar refractivity (Wildman–Crippen MR) is 129 cm³/mol. The summed E-state index contributed by atoms with van der Waals surface area (Å²) in [5.41, 5.74) is 4.84. The number of hydrogen-bond donors (Lipinski definition) is 1. The van der Waals surface area contributed by atoms with Crippen LogP contribution in [0.4, 0.5) is 9.18 Å². The van der Waals surface area contributed by atoms with Crippen molar-refractivity contribution >= 4 is 17.2 Å². The quantitative estimate of drug-likeness (QED) is 0.493. The highest BCUT2D eigenvalue weighted by atomic mass is 19.1. The maximum Gasteiger partial charge on any atom is 0.317 e. The van der Waals surface area contributed by atoms with Crippen molar-refractivity contribution in [3.05, 3.63) is 89.6 Å². The Balaban J connectivity index is 1.24.